The fraction of sp³-hybridized carbons (Fsp3) is 0.429. The Bertz CT molecular complexity index is 1210. The van der Waals surface area contributed by atoms with Gasteiger partial charge in [0.25, 0.3) is 0 Å². The van der Waals surface area contributed by atoms with Gasteiger partial charge in [0.05, 0.1) is 13.2 Å². The second kappa shape index (κ2) is 12.0. The van der Waals surface area contributed by atoms with Crippen LogP contribution in [-0.4, -0.2) is 27.3 Å². The molecule has 0 saturated heterocycles. The summed E-state index contributed by atoms with van der Waals surface area (Å²) < 4.78 is 41.3. The molecule has 1 aromatic heterocycles. The van der Waals surface area contributed by atoms with E-state index in [1.165, 1.54) is 16.7 Å². The van der Waals surface area contributed by atoms with Crippen LogP contribution in [0.25, 0.3) is 0 Å². The highest BCUT2D eigenvalue weighted by Crippen LogP contribution is 2.21. The average Bonchev–Trinajstić information content (AvgIpc) is 3.09. The minimum atomic E-state index is -1.08. The van der Waals surface area contributed by atoms with Gasteiger partial charge in [0, 0.05) is 24.5 Å². The maximum absolute atomic E-state index is 13.6. The molecule has 2 aromatic carbocycles. The van der Waals surface area contributed by atoms with Gasteiger partial charge < -0.3 is 9.47 Å². The molecule has 3 rings (SSSR count). The maximum Gasteiger partial charge on any atom is 0.349 e. The average molecular weight is 501 g/mol. The molecule has 0 N–H and O–H groups in total. The fourth-order valence-electron chi connectivity index (χ4n) is 4.10. The number of ether oxygens (including phenoxy) is 2. The number of carbonyl (C=O) groups is 1. The van der Waals surface area contributed by atoms with E-state index in [9.17, 15) is 18.4 Å². The largest absolute Gasteiger partial charge is 0.476 e. The lowest BCUT2D eigenvalue weighted by Gasteiger charge is -2.24. The van der Waals surface area contributed by atoms with E-state index in [2.05, 4.69) is 0 Å². The molecule has 0 fully saturated rings. The number of aryl methyl sites for hydroxylation is 2. The summed E-state index contributed by atoms with van der Waals surface area (Å²) >= 11 is 0. The van der Waals surface area contributed by atoms with Crippen molar-refractivity contribution in [1.82, 2.24) is 9.13 Å². The van der Waals surface area contributed by atoms with E-state index < -0.39 is 23.2 Å². The van der Waals surface area contributed by atoms with E-state index in [0.717, 1.165) is 36.6 Å². The fourth-order valence-corrected chi connectivity index (χ4v) is 4.10. The van der Waals surface area contributed by atoms with Gasteiger partial charge in [-0.1, -0.05) is 19.1 Å². The zero-order chi connectivity index (χ0) is 26.3. The van der Waals surface area contributed by atoms with Gasteiger partial charge in [-0.15, -0.1) is 0 Å². The number of halogens is 2. The molecule has 0 amide bonds. The van der Waals surface area contributed by atoms with Gasteiger partial charge >= 0.3 is 11.7 Å². The third-order valence-corrected chi connectivity index (χ3v) is 5.81. The molecule has 0 spiro atoms. The molecule has 0 radical (unpaired) electrons. The molecule has 3 aromatic rings. The van der Waals surface area contributed by atoms with Crippen molar-refractivity contribution in [2.75, 3.05) is 6.61 Å². The lowest BCUT2D eigenvalue weighted by molar-refractivity contribution is -0.158. The third-order valence-electron chi connectivity index (χ3n) is 5.81. The first-order valence-electron chi connectivity index (χ1n) is 12.3. The molecule has 0 aliphatic heterocycles. The predicted octanol–water partition coefficient (Wildman–Crippen LogP) is 5.28. The number of aromatic nitrogens is 2. The van der Waals surface area contributed by atoms with Crippen molar-refractivity contribution in [1.29, 1.82) is 0 Å². The van der Waals surface area contributed by atoms with Crippen LogP contribution in [0, 0.1) is 11.6 Å². The number of hydrogen-bond donors (Lipinski definition) is 0. The summed E-state index contributed by atoms with van der Waals surface area (Å²) in [5.74, 6) is -1.15. The number of hydrogen-bond acceptors (Lipinski definition) is 4. The second-order valence-electron chi connectivity index (χ2n) is 9.29. The van der Waals surface area contributed by atoms with E-state index in [1.54, 1.807) is 31.5 Å². The molecule has 0 aliphatic rings. The number of carbonyl (C=O) groups excluding carboxylic acids is 1. The van der Waals surface area contributed by atoms with E-state index in [-0.39, 0.29) is 12.2 Å². The molecule has 0 bridgehead atoms. The highest BCUT2D eigenvalue weighted by Gasteiger charge is 2.31. The van der Waals surface area contributed by atoms with Crippen LogP contribution in [0.1, 0.15) is 57.4 Å². The smallest absolute Gasteiger partial charge is 0.349 e. The van der Waals surface area contributed by atoms with Gasteiger partial charge in [-0.2, -0.15) is 0 Å². The molecule has 36 heavy (non-hydrogen) atoms. The zero-order valence-corrected chi connectivity index (χ0v) is 21.4. The van der Waals surface area contributed by atoms with Gasteiger partial charge in [0.15, 0.2) is 5.60 Å². The van der Waals surface area contributed by atoms with E-state index in [0.29, 0.717) is 30.9 Å². The van der Waals surface area contributed by atoms with Crippen LogP contribution < -0.4 is 10.4 Å². The van der Waals surface area contributed by atoms with Crippen LogP contribution in [-0.2, 0) is 35.5 Å². The highest BCUT2D eigenvalue weighted by molar-refractivity contribution is 5.79. The number of esters is 1. The lowest BCUT2D eigenvalue weighted by Crippen LogP contribution is -2.39. The van der Waals surface area contributed by atoms with Crippen LogP contribution >= 0.6 is 0 Å². The Balaban J connectivity index is 1.64. The van der Waals surface area contributed by atoms with Crippen molar-refractivity contribution in [3.05, 3.63) is 87.6 Å². The van der Waals surface area contributed by atoms with Crippen LogP contribution in [0.2, 0.25) is 0 Å². The molecule has 1 heterocycles. The van der Waals surface area contributed by atoms with Crippen molar-refractivity contribution in [3.63, 3.8) is 0 Å². The minimum absolute atomic E-state index is 0.112. The summed E-state index contributed by atoms with van der Waals surface area (Å²) in [5.41, 5.74) is 1.15. The van der Waals surface area contributed by atoms with Crippen molar-refractivity contribution >= 4 is 5.97 Å². The summed E-state index contributed by atoms with van der Waals surface area (Å²) in [6, 6.07) is 10.9. The number of nitrogens with zero attached hydrogens (tertiary/aromatic N) is 2. The Labute approximate surface area is 210 Å². The SMILES string of the molecule is CCCn1c(CCCc2ccc(OC(C)(C)C(=O)OCC)cc2)cn(Cc2cc(F)cc(F)c2)c1=O. The predicted molar refractivity (Wildman–Crippen MR) is 134 cm³/mol. The van der Waals surface area contributed by atoms with Crippen LogP contribution in [0.15, 0.2) is 53.5 Å². The Morgan fingerprint density at radius 2 is 1.64 bits per heavy atom. The first kappa shape index (κ1) is 27.2. The van der Waals surface area contributed by atoms with Gasteiger partial charge in [0.2, 0.25) is 0 Å². The summed E-state index contributed by atoms with van der Waals surface area (Å²) in [5, 5.41) is 0. The topological polar surface area (TPSA) is 62.5 Å². The monoisotopic (exact) mass is 500 g/mol. The van der Waals surface area contributed by atoms with Gasteiger partial charge in [-0.25, -0.2) is 18.4 Å². The van der Waals surface area contributed by atoms with E-state index in [1.807, 2.05) is 31.2 Å². The molecular weight excluding hydrogens is 466 g/mol. The van der Waals surface area contributed by atoms with Gasteiger partial charge in [0.1, 0.15) is 17.4 Å². The van der Waals surface area contributed by atoms with Crippen LogP contribution in [0.5, 0.6) is 5.75 Å². The molecule has 194 valence electrons. The number of benzene rings is 2. The number of imidazole rings is 1. The Hall–Kier alpha value is -3.42. The lowest BCUT2D eigenvalue weighted by atomic mass is 10.1. The molecule has 0 unspecified atom stereocenters. The van der Waals surface area contributed by atoms with Crippen molar-refractivity contribution in [2.45, 2.75) is 72.1 Å². The molecular formula is C28H34F2N2O4. The summed E-state index contributed by atoms with van der Waals surface area (Å²) in [6.45, 7) is 8.09. The maximum atomic E-state index is 13.6. The molecule has 0 atom stereocenters. The second-order valence-corrected chi connectivity index (χ2v) is 9.29. The molecule has 0 saturated carbocycles. The molecule has 8 heteroatoms. The highest BCUT2D eigenvalue weighted by atomic mass is 19.1. The number of rotatable bonds is 12. The zero-order valence-electron chi connectivity index (χ0n) is 21.4. The quantitative estimate of drug-likeness (QED) is 0.318. The van der Waals surface area contributed by atoms with E-state index in [4.69, 9.17) is 9.47 Å². The van der Waals surface area contributed by atoms with Crippen LogP contribution in [0.3, 0.4) is 0 Å². The van der Waals surface area contributed by atoms with Crippen molar-refractivity contribution in [2.24, 2.45) is 0 Å². The van der Waals surface area contributed by atoms with Crippen molar-refractivity contribution < 1.29 is 23.0 Å². The van der Waals surface area contributed by atoms with Crippen LogP contribution in [0.4, 0.5) is 8.78 Å². The van der Waals surface area contributed by atoms with Crippen molar-refractivity contribution in [3.8, 4) is 5.75 Å². The Morgan fingerprint density at radius 1 is 0.972 bits per heavy atom. The summed E-state index contributed by atoms with van der Waals surface area (Å²) in [6.07, 6.45) is 4.89. The summed E-state index contributed by atoms with van der Waals surface area (Å²) in [4.78, 5) is 25.0. The Kier molecular flexibility index (Phi) is 9.07. The molecule has 0 aliphatic carbocycles. The third kappa shape index (κ3) is 7.06. The van der Waals surface area contributed by atoms with Gasteiger partial charge in [-0.05, 0) is 81.8 Å². The Morgan fingerprint density at radius 3 is 2.25 bits per heavy atom. The standard InChI is InChI=1S/C28H34F2N2O4/c1-5-14-32-24(19-31(27(32)34)18-21-15-22(29)17-23(30)16-21)9-7-8-20-10-12-25(13-11-20)36-28(3,4)26(33)35-6-2/h10-13,15-17,19H,5-9,14,18H2,1-4H3. The summed E-state index contributed by atoms with van der Waals surface area (Å²) in [7, 11) is 0. The van der Waals surface area contributed by atoms with Gasteiger partial charge in [-0.3, -0.25) is 9.13 Å². The first-order chi connectivity index (χ1) is 17.1. The van der Waals surface area contributed by atoms with E-state index >= 15 is 0 Å². The first-order valence-corrected chi connectivity index (χ1v) is 12.3. The minimum Gasteiger partial charge on any atom is -0.476 e. The normalized spacial score (nSPS) is 11.5. The molecule has 6 nitrogen and oxygen atoms in total.